The van der Waals surface area contributed by atoms with E-state index in [0.717, 1.165) is 49.3 Å². The summed E-state index contributed by atoms with van der Waals surface area (Å²) in [5, 5.41) is 10.5. The molecule has 0 radical (unpaired) electrons. The first kappa shape index (κ1) is 27.5. The highest BCUT2D eigenvalue weighted by molar-refractivity contribution is 5.69. The number of carbonyl (C=O) groups is 1. The van der Waals surface area contributed by atoms with Crippen molar-refractivity contribution in [2.75, 3.05) is 19.8 Å². The maximum atomic E-state index is 12.0. The van der Waals surface area contributed by atoms with Crippen LogP contribution in [0.15, 0.2) is 61.1 Å². The summed E-state index contributed by atoms with van der Waals surface area (Å²) in [4.78, 5) is 21.1. The Morgan fingerprint density at radius 2 is 2.08 bits per heavy atom. The number of phenols is 1. The van der Waals surface area contributed by atoms with Gasteiger partial charge in [-0.05, 0) is 68.2 Å². The van der Waals surface area contributed by atoms with Crippen molar-refractivity contribution in [2.24, 2.45) is 11.8 Å². The van der Waals surface area contributed by atoms with Gasteiger partial charge in [0.25, 0.3) is 0 Å². The van der Waals surface area contributed by atoms with Crippen LogP contribution in [0.2, 0.25) is 0 Å². The van der Waals surface area contributed by atoms with E-state index in [2.05, 4.69) is 33.5 Å². The van der Waals surface area contributed by atoms with Crippen LogP contribution in [0.3, 0.4) is 0 Å². The molecule has 0 spiro atoms. The van der Waals surface area contributed by atoms with Crippen molar-refractivity contribution in [3.05, 3.63) is 78.2 Å². The Labute approximate surface area is 235 Å². The Morgan fingerprint density at radius 3 is 2.85 bits per heavy atom. The molecule has 40 heavy (non-hydrogen) atoms. The van der Waals surface area contributed by atoms with Crippen LogP contribution in [-0.2, 0) is 27.3 Å². The number of hydrogen-bond donors (Lipinski definition) is 1. The molecule has 1 saturated heterocycles. The van der Waals surface area contributed by atoms with Gasteiger partial charge < -0.3 is 19.3 Å². The molecule has 0 saturated carbocycles. The second kappa shape index (κ2) is 13.8. The standard InChI is InChI=1S/C32H35N3O5/c36-30-20-29(11-10-26(30)8-5-15-39-32(37)19-25-12-16-38-17-13-25)40-23-28-22-34-31(18-24-6-2-1-3-7-24)35(28)27-9-4-14-33-21-27/h2,4,6,9-11,14,20-22,24-25,36H,1,3,7,12-13,15-19,23H2. The lowest BCUT2D eigenvalue weighted by molar-refractivity contribution is -0.144. The van der Waals surface area contributed by atoms with Crippen LogP contribution >= 0.6 is 0 Å². The monoisotopic (exact) mass is 541 g/mol. The first-order valence-electron chi connectivity index (χ1n) is 14.0. The number of hydrogen-bond acceptors (Lipinski definition) is 7. The lowest BCUT2D eigenvalue weighted by Gasteiger charge is -2.20. The SMILES string of the molecule is O=C(CC1CCOCC1)OCC#Cc1ccc(OCc2cnc(CC3C=CCCC3)n2-c2cccnc2)cc1O. The quantitative estimate of drug-likeness (QED) is 0.227. The number of aromatic nitrogens is 3. The third-order valence-corrected chi connectivity index (χ3v) is 7.29. The van der Waals surface area contributed by atoms with Crippen LogP contribution in [-0.4, -0.2) is 45.4 Å². The summed E-state index contributed by atoms with van der Waals surface area (Å²) >= 11 is 0. The maximum absolute atomic E-state index is 12.0. The normalized spacial score (nSPS) is 17.1. The molecule has 1 aliphatic heterocycles. The van der Waals surface area contributed by atoms with Gasteiger partial charge in [0.05, 0.1) is 29.3 Å². The zero-order chi connectivity index (χ0) is 27.6. The van der Waals surface area contributed by atoms with E-state index in [9.17, 15) is 9.90 Å². The van der Waals surface area contributed by atoms with Gasteiger partial charge in [0.15, 0.2) is 6.61 Å². The smallest absolute Gasteiger partial charge is 0.307 e. The number of rotatable bonds is 9. The average molecular weight is 542 g/mol. The van der Waals surface area contributed by atoms with E-state index in [4.69, 9.17) is 19.2 Å². The minimum Gasteiger partial charge on any atom is -0.507 e. The van der Waals surface area contributed by atoms with Gasteiger partial charge in [-0.1, -0.05) is 24.0 Å². The van der Waals surface area contributed by atoms with E-state index in [0.29, 0.717) is 42.8 Å². The van der Waals surface area contributed by atoms with Crippen molar-refractivity contribution < 1.29 is 24.1 Å². The van der Waals surface area contributed by atoms with Gasteiger partial charge in [-0.2, -0.15) is 0 Å². The molecular formula is C32H35N3O5. The van der Waals surface area contributed by atoms with Crippen LogP contribution in [0.1, 0.15) is 55.6 Å². The molecule has 8 heteroatoms. The van der Waals surface area contributed by atoms with E-state index in [1.54, 1.807) is 24.4 Å². The van der Waals surface area contributed by atoms with E-state index in [1.807, 2.05) is 24.5 Å². The summed E-state index contributed by atoms with van der Waals surface area (Å²) in [6, 6.07) is 8.93. The van der Waals surface area contributed by atoms with Crippen molar-refractivity contribution in [1.29, 1.82) is 0 Å². The van der Waals surface area contributed by atoms with Crippen molar-refractivity contribution >= 4 is 5.97 Å². The summed E-state index contributed by atoms with van der Waals surface area (Å²) in [5.41, 5.74) is 2.28. The van der Waals surface area contributed by atoms with Crippen LogP contribution in [0.5, 0.6) is 11.5 Å². The number of phenolic OH excluding ortho intramolecular Hbond substituents is 1. The number of nitrogens with zero attached hydrogens (tertiary/aromatic N) is 3. The van der Waals surface area contributed by atoms with Gasteiger partial charge in [-0.15, -0.1) is 0 Å². The average Bonchev–Trinajstić information content (AvgIpc) is 3.38. The first-order valence-corrected chi connectivity index (χ1v) is 14.0. The van der Waals surface area contributed by atoms with Crippen LogP contribution < -0.4 is 4.74 Å². The lowest BCUT2D eigenvalue weighted by atomic mass is 9.93. The minimum absolute atomic E-state index is 0.00377. The third-order valence-electron chi connectivity index (χ3n) is 7.29. The first-order chi connectivity index (χ1) is 19.7. The highest BCUT2D eigenvalue weighted by Gasteiger charge is 2.19. The molecule has 1 aromatic carbocycles. The largest absolute Gasteiger partial charge is 0.507 e. The second-order valence-electron chi connectivity index (χ2n) is 10.2. The van der Waals surface area contributed by atoms with Crippen LogP contribution in [0, 0.1) is 23.7 Å². The number of pyridine rings is 1. The van der Waals surface area contributed by atoms with Crippen molar-refractivity contribution in [1.82, 2.24) is 14.5 Å². The summed E-state index contributed by atoms with van der Waals surface area (Å²) in [5.74, 6) is 7.71. The number of allylic oxidation sites excluding steroid dienone is 2. The van der Waals surface area contributed by atoms with Crippen LogP contribution in [0.4, 0.5) is 0 Å². The van der Waals surface area contributed by atoms with Gasteiger partial charge in [0.2, 0.25) is 0 Å². The summed E-state index contributed by atoms with van der Waals surface area (Å²) in [6.45, 7) is 1.65. The molecule has 1 aliphatic carbocycles. The molecule has 0 bridgehead atoms. The maximum Gasteiger partial charge on any atom is 0.307 e. The molecule has 5 rings (SSSR count). The van der Waals surface area contributed by atoms with Gasteiger partial charge in [0.1, 0.15) is 23.9 Å². The molecular weight excluding hydrogens is 506 g/mol. The Kier molecular flexibility index (Phi) is 9.49. The topological polar surface area (TPSA) is 95.7 Å². The number of benzene rings is 1. The van der Waals surface area contributed by atoms with E-state index >= 15 is 0 Å². The van der Waals surface area contributed by atoms with Crippen LogP contribution in [0.25, 0.3) is 5.69 Å². The zero-order valence-electron chi connectivity index (χ0n) is 22.6. The summed E-state index contributed by atoms with van der Waals surface area (Å²) in [6.07, 6.45) is 16.5. The van der Waals surface area contributed by atoms with Crippen molar-refractivity contribution in [3.63, 3.8) is 0 Å². The summed E-state index contributed by atoms with van der Waals surface area (Å²) < 4.78 is 18.7. The fourth-order valence-corrected chi connectivity index (χ4v) is 5.12. The van der Waals surface area contributed by atoms with E-state index in [-0.39, 0.29) is 24.9 Å². The predicted molar refractivity (Wildman–Crippen MR) is 150 cm³/mol. The molecule has 1 N–H and O–H groups in total. The highest BCUT2D eigenvalue weighted by atomic mass is 16.5. The molecule has 3 heterocycles. The van der Waals surface area contributed by atoms with Gasteiger partial charge in [-0.3, -0.25) is 14.3 Å². The number of esters is 1. The third kappa shape index (κ3) is 7.51. The molecule has 1 atom stereocenters. The predicted octanol–water partition coefficient (Wildman–Crippen LogP) is 5.16. The van der Waals surface area contributed by atoms with E-state index < -0.39 is 0 Å². The van der Waals surface area contributed by atoms with Crippen molar-refractivity contribution in [2.45, 2.75) is 51.6 Å². The molecule has 1 fully saturated rings. The fraction of sp³-hybridized carbons (Fsp3) is 0.406. The summed E-state index contributed by atoms with van der Waals surface area (Å²) in [7, 11) is 0. The lowest BCUT2D eigenvalue weighted by Crippen LogP contribution is -2.19. The molecule has 208 valence electrons. The minimum atomic E-state index is -0.252. The van der Waals surface area contributed by atoms with Crippen molar-refractivity contribution in [3.8, 4) is 29.0 Å². The molecule has 3 aromatic rings. The Balaban J connectivity index is 1.19. The van der Waals surface area contributed by atoms with Gasteiger partial charge in [0, 0.05) is 38.3 Å². The number of carbonyl (C=O) groups excluding carboxylic acids is 1. The Morgan fingerprint density at radius 1 is 1.18 bits per heavy atom. The molecule has 1 unspecified atom stereocenters. The number of imidazole rings is 1. The fourth-order valence-electron chi connectivity index (χ4n) is 5.12. The number of ether oxygens (including phenoxy) is 3. The molecule has 0 amide bonds. The van der Waals surface area contributed by atoms with Gasteiger partial charge in [-0.25, -0.2) is 4.98 Å². The van der Waals surface area contributed by atoms with Gasteiger partial charge >= 0.3 is 5.97 Å². The molecule has 2 aliphatic rings. The Bertz CT molecular complexity index is 1370. The molecule has 8 nitrogen and oxygen atoms in total. The second-order valence-corrected chi connectivity index (χ2v) is 10.2. The Hall–Kier alpha value is -4.09. The highest BCUT2D eigenvalue weighted by Crippen LogP contribution is 2.26. The molecule has 2 aromatic heterocycles. The van der Waals surface area contributed by atoms with E-state index in [1.165, 1.54) is 6.42 Å². The zero-order valence-corrected chi connectivity index (χ0v) is 22.6. The number of aromatic hydroxyl groups is 1.